The van der Waals surface area contributed by atoms with Crippen molar-refractivity contribution in [3.8, 4) is 5.88 Å². The molecule has 2 atom stereocenters. The number of rotatable bonds is 8. The third-order valence-electron chi connectivity index (χ3n) is 5.59. The van der Waals surface area contributed by atoms with Crippen molar-refractivity contribution in [2.45, 2.75) is 34.7 Å². The van der Waals surface area contributed by atoms with Gasteiger partial charge in [-0.05, 0) is 13.0 Å². The number of hydrazine groups is 1. The van der Waals surface area contributed by atoms with Crippen LogP contribution in [-0.2, 0) is 14.8 Å². The largest absolute Gasteiger partial charge is 0.481 e. The summed E-state index contributed by atoms with van der Waals surface area (Å²) < 4.78 is 39.0. The Labute approximate surface area is 224 Å². The maximum atomic E-state index is 13.2. The predicted molar refractivity (Wildman–Crippen MR) is 139 cm³/mol. The first-order valence-corrected chi connectivity index (χ1v) is 12.5. The highest BCUT2D eigenvalue weighted by atomic mass is 35.5. The van der Waals surface area contributed by atoms with Crippen LogP contribution in [0.1, 0.15) is 29.3 Å². The van der Waals surface area contributed by atoms with E-state index in [-0.39, 0.29) is 22.4 Å². The summed E-state index contributed by atoms with van der Waals surface area (Å²) in [5.74, 6) is -0.951. The standard InChI is InChI=1S/C19H20B4ClN7O5S/c1-9(13(36-3)14-25-7-10(24)8-26-14)37(33,34)31-17(28-16-18(20,21)19(16,22)23)30-29-15(32)11-5-4-6-12(27-11)35-2/h4-9,13,16H,1-3H3,(H,29,32)(H2,28,30,31)/t9-,13-/m0/s1. The summed E-state index contributed by atoms with van der Waals surface area (Å²) in [5, 5.41) is -4.28. The van der Waals surface area contributed by atoms with E-state index in [9.17, 15) is 13.2 Å². The van der Waals surface area contributed by atoms with E-state index in [4.69, 9.17) is 52.5 Å². The monoisotopic (exact) mass is 537 g/mol. The van der Waals surface area contributed by atoms with Gasteiger partial charge in [-0.15, -0.1) is 0 Å². The summed E-state index contributed by atoms with van der Waals surface area (Å²) in [6.45, 7) is 1.36. The number of carbonyl (C=O) groups is 1. The molecule has 2 aromatic heterocycles. The van der Waals surface area contributed by atoms with Gasteiger partial charge in [0.05, 0.1) is 43.5 Å². The Morgan fingerprint density at radius 3 is 2.30 bits per heavy atom. The van der Waals surface area contributed by atoms with Crippen molar-refractivity contribution in [3.05, 3.63) is 47.1 Å². The van der Waals surface area contributed by atoms with Gasteiger partial charge in [0.1, 0.15) is 17.0 Å². The zero-order chi connectivity index (χ0) is 27.6. The molecule has 3 rings (SSSR count). The molecule has 2 aromatic rings. The minimum Gasteiger partial charge on any atom is -0.481 e. The second kappa shape index (κ2) is 10.9. The Morgan fingerprint density at radius 1 is 1.14 bits per heavy atom. The molecule has 1 saturated carbocycles. The maximum absolute atomic E-state index is 13.2. The molecule has 3 N–H and O–H groups in total. The molecule has 1 amide bonds. The van der Waals surface area contributed by atoms with Crippen molar-refractivity contribution < 1.29 is 22.7 Å². The molecule has 1 fully saturated rings. The summed E-state index contributed by atoms with van der Waals surface area (Å²) in [5.41, 5.74) is 4.63. The van der Waals surface area contributed by atoms with Crippen LogP contribution < -0.4 is 20.3 Å². The summed E-state index contributed by atoms with van der Waals surface area (Å²) in [6.07, 6.45) is 1.51. The summed E-state index contributed by atoms with van der Waals surface area (Å²) in [7, 11) is 21.8. The molecule has 0 aliphatic heterocycles. The van der Waals surface area contributed by atoms with Crippen molar-refractivity contribution in [1.29, 1.82) is 0 Å². The van der Waals surface area contributed by atoms with Crippen molar-refractivity contribution in [2.75, 3.05) is 14.2 Å². The number of ether oxygens (including phenoxy) is 2. The number of aliphatic imine (C=N–C) groups is 1. The fourth-order valence-corrected chi connectivity index (χ4v) is 4.39. The average Bonchev–Trinajstić information content (AvgIpc) is 3.25. The Kier molecular flexibility index (Phi) is 8.50. The lowest BCUT2D eigenvalue weighted by Crippen LogP contribution is -2.52. The minimum atomic E-state index is -4.28. The van der Waals surface area contributed by atoms with Crippen LogP contribution in [0.2, 0.25) is 15.5 Å². The molecule has 1 aliphatic rings. The number of amides is 1. The van der Waals surface area contributed by atoms with E-state index in [1.807, 2.05) is 0 Å². The summed E-state index contributed by atoms with van der Waals surface area (Å²) in [4.78, 5) is 28.7. The lowest BCUT2D eigenvalue weighted by Gasteiger charge is -2.23. The Bertz CT molecular complexity index is 1270. The number of carbonyl (C=O) groups excluding carboxylic acids is 1. The molecule has 2 heterocycles. The van der Waals surface area contributed by atoms with Crippen molar-refractivity contribution >= 4 is 64.9 Å². The van der Waals surface area contributed by atoms with Gasteiger partial charge in [0.2, 0.25) is 21.9 Å². The Morgan fingerprint density at radius 2 is 1.76 bits per heavy atom. The van der Waals surface area contributed by atoms with Crippen LogP contribution in [0.15, 0.2) is 35.6 Å². The van der Waals surface area contributed by atoms with Gasteiger partial charge >= 0.3 is 0 Å². The predicted octanol–water partition coefficient (Wildman–Crippen LogP) is -0.892. The first-order valence-electron chi connectivity index (χ1n) is 10.6. The van der Waals surface area contributed by atoms with E-state index in [0.29, 0.717) is 0 Å². The normalized spacial score (nSPS) is 18.3. The Hall–Kier alpha value is -2.77. The van der Waals surface area contributed by atoms with Crippen LogP contribution in [-0.4, -0.2) is 92.1 Å². The van der Waals surface area contributed by atoms with E-state index in [1.165, 1.54) is 39.6 Å². The van der Waals surface area contributed by atoms with E-state index >= 15 is 0 Å². The zero-order valence-electron chi connectivity index (χ0n) is 20.0. The number of sulfonamides is 1. The van der Waals surface area contributed by atoms with Crippen LogP contribution in [0.3, 0.4) is 0 Å². The van der Waals surface area contributed by atoms with Crippen LogP contribution in [0.5, 0.6) is 5.88 Å². The highest BCUT2D eigenvalue weighted by molar-refractivity contribution is 7.90. The topological polar surface area (TPSA) is 157 Å². The number of hydrogen-bond acceptors (Lipinski definition) is 9. The van der Waals surface area contributed by atoms with Crippen molar-refractivity contribution in [1.82, 2.24) is 30.5 Å². The SMILES string of the molecule is [B]C1([B])C(N=C(NNC(=O)c2cccc(OC)n2)NS(=O)(=O)[C@@H](C)[C@H](OC)c2ncc(Cl)cn2)C1([B])[B]. The molecular weight excluding hydrogens is 517 g/mol. The number of pyridine rings is 1. The molecular formula is C19H20B4ClN7O5S. The molecule has 12 nitrogen and oxygen atoms in total. The van der Waals surface area contributed by atoms with Crippen LogP contribution in [0.4, 0.5) is 0 Å². The van der Waals surface area contributed by atoms with Crippen LogP contribution in [0.25, 0.3) is 0 Å². The smallest absolute Gasteiger partial charge is 0.288 e. The lowest BCUT2D eigenvalue weighted by molar-refractivity contribution is 0.0935. The van der Waals surface area contributed by atoms with E-state index in [1.54, 1.807) is 12.1 Å². The first kappa shape index (κ1) is 28.8. The molecule has 0 bridgehead atoms. The number of nitrogens with one attached hydrogen (secondary N) is 3. The fourth-order valence-electron chi connectivity index (χ4n) is 3.17. The number of methoxy groups -OCH3 is 2. The third-order valence-corrected chi connectivity index (χ3v) is 7.49. The number of aromatic nitrogens is 3. The second-order valence-electron chi connectivity index (χ2n) is 8.16. The van der Waals surface area contributed by atoms with Gasteiger partial charge in [-0.2, -0.15) is 0 Å². The highest BCUT2D eigenvalue weighted by Crippen LogP contribution is 2.69. The molecule has 0 unspecified atom stereocenters. The number of hydrogen-bond donors (Lipinski definition) is 3. The van der Waals surface area contributed by atoms with Gasteiger partial charge in [-0.3, -0.25) is 20.4 Å². The van der Waals surface area contributed by atoms with E-state index in [0.717, 1.165) is 0 Å². The molecule has 8 radical (unpaired) electrons. The minimum absolute atomic E-state index is 0.0350. The van der Waals surface area contributed by atoms with Gasteiger partial charge in [-0.25, -0.2) is 28.4 Å². The average molecular weight is 537 g/mol. The van der Waals surface area contributed by atoms with Gasteiger partial charge < -0.3 is 9.47 Å². The van der Waals surface area contributed by atoms with E-state index < -0.39 is 49.7 Å². The van der Waals surface area contributed by atoms with Gasteiger partial charge in [0.25, 0.3) is 5.91 Å². The number of nitrogens with zero attached hydrogens (tertiary/aromatic N) is 4. The molecule has 0 aromatic carbocycles. The third kappa shape index (κ3) is 6.21. The Balaban J connectivity index is 1.84. The van der Waals surface area contributed by atoms with Crippen LogP contribution >= 0.6 is 11.6 Å². The molecule has 37 heavy (non-hydrogen) atoms. The number of guanidine groups is 1. The van der Waals surface area contributed by atoms with Gasteiger partial charge in [-0.1, -0.05) is 28.1 Å². The fraction of sp³-hybridized carbons (Fsp3) is 0.421. The molecule has 186 valence electrons. The van der Waals surface area contributed by atoms with Crippen molar-refractivity contribution in [3.63, 3.8) is 0 Å². The summed E-state index contributed by atoms with van der Waals surface area (Å²) >= 11 is 5.81. The molecule has 0 spiro atoms. The number of halogens is 1. The van der Waals surface area contributed by atoms with Crippen LogP contribution in [0, 0.1) is 0 Å². The molecule has 18 heteroatoms. The second-order valence-corrected chi connectivity index (χ2v) is 10.6. The van der Waals surface area contributed by atoms with Gasteiger partial charge in [0.15, 0.2) is 5.82 Å². The molecule has 0 saturated heterocycles. The lowest BCUT2D eigenvalue weighted by atomic mass is 9.49. The molecule has 1 aliphatic carbocycles. The first-order chi connectivity index (χ1) is 17.2. The quantitative estimate of drug-likeness (QED) is 0.168. The highest BCUT2D eigenvalue weighted by Gasteiger charge is 2.62. The van der Waals surface area contributed by atoms with Crippen molar-refractivity contribution in [2.24, 2.45) is 4.99 Å². The maximum Gasteiger partial charge on any atom is 0.288 e. The zero-order valence-corrected chi connectivity index (χ0v) is 21.6. The van der Waals surface area contributed by atoms with E-state index in [2.05, 4.69) is 35.5 Å². The summed E-state index contributed by atoms with van der Waals surface area (Å²) in [6, 6.07) is 3.39. The van der Waals surface area contributed by atoms with Gasteiger partial charge in [0, 0.05) is 31.6 Å².